The van der Waals surface area contributed by atoms with E-state index in [4.69, 9.17) is 28.3 Å². The molecule has 0 radical (unpaired) electrons. The van der Waals surface area contributed by atoms with Gasteiger partial charge in [-0.1, -0.05) is 47.5 Å². The van der Waals surface area contributed by atoms with Crippen molar-refractivity contribution in [1.82, 2.24) is 9.99 Å². The van der Waals surface area contributed by atoms with Crippen LogP contribution in [0.4, 0.5) is 0 Å². The van der Waals surface area contributed by atoms with Crippen molar-refractivity contribution in [3.8, 4) is 0 Å². The number of carbonyl (C=O) groups excluding carboxylic acids is 1. The van der Waals surface area contributed by atoms with E-state index >= 15 is 0 Å². The third kappa shape index (κ3) is 4.08. The molecule has 1 amide bonds. The van der Waals surface area contributed by atoms with Crippen molar-refractivity contribution in [2.75, 3.05) is 0 Å². The highest BCUT2D eigenvalue weighted by Gasteiger charge is 2.43. The first-order chi connectivity index (χ1) is 15.6. The Kier molecular flexibility index (Phi) is 5.81. The molecule has 4 nitrogen and oxygen atoms in total. The summed E-state index contributed by atoms with van der Waals surface area (Å²) in [6, 6.07) is 18.9. The molecule has 0 saturated heterocycles. The van der Waals surface area contributed by atoms with Gasteiger partial charge in [-0.2, -0.15) is 5.10 Å². The van der Waals surface area contributed by atoms with Gasteiger partial charge in [0.2, 0.25) is 0 Å². The van der Waals surface area contributed by atoms with Crippen LogP contribution in [-0.2, 0) is 0 Å². The molecule has 6 heteroatoms. The Balaban J connectivity index is 1.57. The topological polar surface area (TPSA) is 45.6 Å². The fourth-order valence-corrected chi connectivity index (χ4v) is 4.79. The number of pyridine rings is 1. The number of aromatic nitrogens is 1. The van der Waals surface area contributed by atoms with Crippen molar-refractivity contribution >= 4 is 40.9 Å². The van der Waals surface area contributed by atoms with Gasteiger partial charge < -0.3 is 0 Å². The van der Waals surface area contributed by atoms with Crippen molar-refractivity contribution < 1.29 is 4.79 Å². The SMILES string of the molecule is O=C(c1cccnc1)N1N=C2/C(=C\c3ccc(Cl)cc3)CCC[C@H]2[C@H]1c1ccc(Cl)cc1. The number of halogens is 2. The average molecular weight is 462 g/mol. The first-order valence-electron chi connectivity index (χ1n) is 10.6. The molecule has 2 atom stereocenters. The Labute approximate surface area is 197 Å². The monoisotopic (exact) mass is 461 g/mol. The Morgan fingerprint density at radius 1 is 1.00 bits per heavy atom. The number of rotatable bonds is 3. The molecule has 1 aromatic heterocycles. The number of allylic oxidation sites excluding steroid dienone is 1. The second-order valence-corrected chi connectivity index (χ2v) is 8.97. The number of carbonyl (C=O) groups is 1. The van der Waals surface area contributed by atoms with Crippen LogP contribution in [-0.4, -0.2) is 21.6 Å². The van der Waals surface area contributed by atoms with Crippen LogP contribution in [0.15, 0.2) is 83.7 Å². The van der Waals surface area contributed by atoms with E-state index in [2.05, 4.69) is 11.1 Å². The van der Waals surface area contributed by atoms with Gasteiger partial charge in [0.1, 0.15) is 0 Å². The molecule has 32 heavy (non-hydrogen) atoms. The number of benzene rings is 2. The van der Waals surface area contributed by atoms with Gasteiger partial charge in [-0.15, -0.1) is 0 Å². The van der Waals surface area contributed by atoms with E-state index in [1.54, 1.807) is 29.5 Å². The lowest BCUT2D eigenvalue weighted by molar-refractivity contribution is 0.0680. The molecular formula is C26H21Cl2N3O. The maximum atomic E-state index is 13.5. The van der Waals surface area contributed by atoms with E-state index < -0.39 is 0 Å². The lowest BCUT2D eigenvalue weighted by Gasteiger charge is -2.29. The van der Waals surface area contributed by atoms with Crippen LogP contribution < -0.4 is 0 Å². The van der Waals surface area contributed by atoms with Crippen LogP contribution in [0, 0.1) is 5.92 Å². The second-order valence-electron chi connectivity index (χ2n) is 8.09. The van der Waals surface area contributed by atoms with Crippen LogP contribution in [0.1, 0.15) is 46.8 Å². The molecule has 0 unspecified atom stereocenters. The lowest BCUT2D eigenvalue weighted by Crippen LogP contribution is -2.32. The van der Waals surface area contributed by atoms with Gasteiger partial charge in [-0.05, 0) is 78.4 Å². The Morgan fingerprint density at radius 3 is 2.41 bits per heavy atom. The first kappa shape index (κ1) is 20.9. The third-order valence-corrected chi connectivity index (χ3v) is 6.54. The molecule has 5 rings (SSSR count). The minimum atomic E-state index is -0.177. The van der Waals surface area contributed by atoms with E-state index in [0.29, 0.717) is 15.6 Å². The Bertz CT molecular complexity index is 1190. The highest BCUT2D eigenvalue weighted by atomic mass is 35.5. The molecule has 0 N–H and O–H groups in total. The highest BCUT2D eigenvalue weighted by molar-refractivity contribution is 6.30. The lowest BCUT2D eigenvalue weighted by atomic mass is 9.77. The summed E-state index contributed by atoms with van der Waals surface area (Å²) >= 11 is 12.2. The quantitative estimate of drug-likeness (QED) is 0.429. The number of fused-ring (bicyclic) bond motifs is 1. The van der Waals surface area contributed by atoms with Gasteiger partial charge in [0.05, 0.1) is 17.3 Å². The molecule has 160 valence electrons. The van der Waals surface area contributed by atoms with Crippen molar-refractivity contribution in [2.24, 2.45) is 11.0 Å². The normalized spacial score (nSPS) is 21.4. The molecule has 2 aromatic carbocycles. The first-order valence-corrected chi connectivity index (χ1v) is 11.4. The van der Waals surface area contributed by atoms with Crippen molar-refractivity contribution in [1.29, 1.82) is 0 Å². The number of nitrogens with zero attached hydrogens (tertiary/aromatic N) is 3. The van der Waals surface area contributed by atoms with Gasteiger partial charge in [-0.3, -0.25) is 9.78 Å². The molecule has 2 heterocycles. The zero-order valence-electron chi connectivity index (χ0n) is 17.3. The van der Waals surface area contributed by atoms with Crippen LogP contribution in [0.25, 0.3) is 6.08 Å². The maximum Gasteiger partial charge on any atom is 0.276 e. The molecule has 1 saturated carbocycles. The minimum Gasteiger partial charge on any atom is -0.267 e. The number of hydrogen-bond acceptors (Lipinski definition) is 3. The van der Waals surface area contributed by atoms with Gasteiger partial charge in [0.15, 0.2) is 0 Å². The minimum absolute atomic E-state index is 0.129. The summed E-state index contributed by atoms with van der Waals surface area (Å²) in [6.45, 7) is 0. The van der Waals surface area contributed by atoms with E-state index in [0.717, 1.165) is 36.1 Å². The van der Waals surface area contributed by atoms with E-state index in [1.165, 1.54) is 5.57 Å². The number of hydrazone groups is 1. The highest BCUT2D eigenvalue weighted by Crippen LogP contribution is 2.45. The van der Waals surface area contributed by atoms with E-state index in [-0.39, 0.29) is 17.9 Å². The zero-order chi connectivity index (χ0) is 22.1. The third-order valence-electron chi connectivity index (χ3n) is 6.04. The predicted octanol–water partition coefficient (Wildman–Crippen LogP) is 6.83. The van der Waals surface area contributed by atoms with E-state index in [1.807, 2.05) is 48.5 Å². The maximum absolute atomic E-state index is 13.5. The second kappa shape index (κ2) is 8.89. The summed E-state index contributed by atoms with van der Waals surface area (Å²) in [5, 5.41) is 7.93. The standard InChI is InChI=1S/C26H21Cl2N3O/c27-21-10-6-17(7-11-21)15-19-3-1-5-23-24(19)30-31(26(32)20-4-2-14-29-16-20)25(23)18-8-12-22(28)13-9-18/h2,4,6-16,23,25H,1,3,5H2/b19-15-/t23-,25-/m1/s1. The molecule has 1 aliphatic carbocycles. The van der Waals surface area contributed by atoms with Crippen molar-refractivity contribution in [3.63, 3.8) is 0 Å². The molecule has 2 aliphatic rings. The fourth-order valence-electron chi connectivity index (χ4n) is 4.54. The van der Waals surface area contributed by atoms with Gasteiger partial charge >= 0.3 is 0 Å². The summed E-state index contributed by atoms with van der Waals surface area (Å²) in [6.07, 6.45) is 8.37. The zero-order valence-corrected chi connectivity index (χ0v) is 18.8. The molecule has 1 aliphatic heterocycles. The van der Waals surface area contributed by atoms with Gasteiger partial charge in [0, 0.05) is 28.4 Å². The van der Waals surface area contributed by atoms with E-state index in [9.17, 15) is 4.79 Å². The molecular weight excluding hydrogens is 441 g/mol. The Morgan fingerprint density at radius 2 is 1.72 bits per heavy atom. The predicted molar refractivity (Wildman–Crippen MR) is 129 cm³/mol. The van der Waals surface area contributed by atoms with Gasteiger partial charge in [0.25, 0.3) is 5.91 Å². The fraction of sp³-hybridized carbons (Fsp3) is 0.192. The van der Waals surface area contributed by atoms with Crippen molar-refractivity contribution in [3.05, 3.63) is 105 Å². The average Bonchev–Trinajstić information content (AvgIpc) is 3.22. The summed E-state index contributed by atoms with van der Waals surface area (Å²) in [5.41, 5.74) is 4.79. The number of hydrogen-bond donors (Lipinski definition) is 0. The Hall–Kier alpha value is -2.95. The molecule has 0 bridgehead atoms. The smallest absolute Gasteiger partial charge is 0.267 e. The summed E-state index contributed by atoms with van der Waals surface area (Å²) < 4.78 is 0. The van der Waals surface area contributed by atoms with Crippen molar-refractivity contribution in [2.45, 2.75) is 25.3 Å². The summed E-state index contributed by atoms with van der Waals surface area (Å²) in [5.74, 6) is -0.0186. The summed E-state index contributed by atoms with van der Waals surface area (Å²) in [7, 11) is 0. The summed E-state index contributed by atoms with van der Waals surface area (Å²) in [4.78, 5) is 17.6. The number of amides is 1. The van der Waals surface area contributed by atoms with Crippen LogP contribution in [0.3, 0.4) is 0 Å². The van der Waals surface area contributed by atoms with Crippen LogP contribution in [0.2, 0.25) is 10.0 Å². The largest absolute Gasteiger partial charge is 0.276 e. The van der Waals surface area contributed by atoms with Gasteiger partial charge in [-0.25, -0.2) is 5.01 Å². The van der Waals surface area contributed by atoms with Crippen LogP contribution >= 0.6 is 23.2 Å². The molecule has 1 fully saturated rings. The van der Waals surface area contributed by atoms with Crippen LogP contribution in [0.5, 0.6) is 0 Å². The molecule has 3 aromatic rings. The molecule has 0 spiro atoms.